The second kappa shape index (κ2) is 8.11. The van der Waals surface area contributed by atoms with Crippen LogP contribution in [0, 0.1) is 0 Å². The molecular formula is C18H23N3O8. The molecule has 1 N–H and O–H groups in total. The lowest BCUT2D eigenvalue weighted by molar-refractivity contribution is -0.147. The highest BCUT2D eigenvalue weighted by molar-refractivity contribution is 5.97. The fourth-order valence-electron chi connectivity index (χ4n) is 3.10. The number of fused-ring (bicyclic) bond motifs is 2. The Hall–Kier alpha value is -3.08. The molecule has 0 aromatic carbocycles. The molecule has 29 heavy (non-hydrogen) atoms. The van der Waals surface area contributed by atoms with Crippen LogP contribution >= 0.6 is 0 Å². The lowest BCUT2D eigenvalue weighted by atomic mass is 10.1. The summed E-state index contributed by atoms with van der Waals surface area (Å²) in [6.45, 7) is 5.85. The fourth-order valence-corrected chi connectivity index (χ4v) is 3.10. The van der Waals surface area contributed by atoms with Gasteiger partial charge in [0.2, 0.25) is 11.2 Å². The second-order valence-electron chi connectivity index (χ2n) is 7.14. The first kappa shape index (κ1) is 20.6. The molecule has 2 aliphatic rings. The molecule has 11 heteroatoms. The summed E-state index contributed by atoms with van der Waals surface area (Å²) in [5.41, 5.74) is 1.02. The van der Waals surface area contributed by atoms with Gasteiger partial charge in [-0.05, 0) is 20.8 Å². The van der Waals surface area contributed by atoms with Crippen molar-refractivity contribution >= 4 is 18.0 Å². The molecule has 3 rings (SSSR count). The number of pyridine rings is 1. The molecule has 1 amide bonds. The molecule has 3 heterocycles. The van der Waals surface area contributed by atoms with E-state index in [0.717, 1.165) is 6.07 Å². The minimum Gasteiger partial charge on any atom is -0.466 e. The summed E-state index contributed by atoms with van der Waals surface area (Å²) in [6.07, 6.45) is -0.417. The number of nitrogens with zero attached hydrogens (tertiary/aromatic N) is 2. The summed E-state index contributed by atoms with van der Waals surface area (Å²) in [4.78, 5) is 50.6. The number of nitrogens with one attached hydrogen (secondary N) is 1. The Labute approximate surface area is 166 Å². The van der Waals surface area contributed by atoms with E-state index in [0.29, 0.717) is 13.2 Å². The van der Waals surface area contributed by atoms with E-state index in [9.17, 15) is 19.2 Å². The summed E-state index contributed by atoms with van der Waals surface area (Å²) in [6, 6.07) is 1.16. The van der Waals surface area contributed by atoms with E-state index in [1.54, 1.807) is 6.92 Å². The van der Waals surface area contributed by atoms with Gasteiger partial charge in [-0.25, -0.2) is 4.79 Å². The van der Waals surface area contributed by atoms with E-state index in [-0.39, 0.29) is 25.3 Å². The number of hydrogen-bond acceptors (Lipinski definition) is 9. The first-order valence-corrected chi connectivity index (χ1v) is 9.19. The largest absolute Gasteiger partial charge is 0.514 e. The SMILES string of the molecule is CCOC(=O)CC(C)(C)OC(=O)Oc1c2n(ccc1=O)N[C@@H]1COCCN1C2=O. The quantitative estimate of drug-likeness (QED) is 0.690. The van der Waals surface area contributed by atoms with Crippen LogP contribution in [0.3, 0.4) is 0 Å². The maximum Gasteiger partial charge on any atom is 0.514 e. The standard InChI is InChI=1S/C18H23N3O8/c1-4-27-13(23)9-18(2,3)29-17(25)28-15-11(22)5-6-21-14(15)16(24)20-7-8-26-10-12(20)19-21/h5-6,12,19H,4,7-10H2,1-3H3/t12-/m0/s1. The van der Waals surface area contributed by atoms with Crippen LogP contribution in [0.5, 0.6) is 5.75 Å². The topological polar surface area (TPSA) is 125 Å². The van der Waals surface area contributed by atoms with Crippen LogP contribution in [0.1, 0.15) is 37.7 Å². The number of rotatable bonds is 5. The van der Waals surface area contributed by atoms with Crippen molar-refractivity contribution in [2.75, 3.05) is 31.8 Å². The van der Waals surface area contributed by atoms with Crippen molar-refractivity contribution in [1.82, 2.24) is 9.58 Å². The number of ether oxygens (including phenoxy) is 4. The third-order valence-electron chi connectivity index (χ3n) is 4.36. The summed E-state index contributed by atoms with van der Waals surface area (Å²) < 4.78 is 21.8. The van der Waals surface area contributed by atoms with Crippen LogP contribution in [0.2, 0.25) is 0 Å². The number of esters is 1. The van der Waals surface area contributed by atoms with E-state index in [2.05, 4.69) is 5.43 Å². The van der Waals surface area contributed by atoms with Crippen molar-refractivity contribution in [2.45, 2.75) is 39.0 Å². The summed E-state index contributed by atoms with van der Waals surface area (Å²) in [7, 11) is 0. The van der Waals surface area contributed by atoms with Gasteiger partial charge in [0.1, 0.15) is 11.8 Å². The smallest absolute Gasteiger partial charge is 0.466 e. The molecule has 11 nitrogen and oxygen atoms in total. The van der Waals surface area contributed by atoms with E-state index < -0.39 is 41.0 Å². The zero-order chi connectivity index (χ0) is 21.2. The average Bonchev–Trinajstić information content (AvgIpc) is 2.63. The Morgan fingerprint density at radius 3 is 2.83 bits per heavy atom. The van der Waals surface area contributed by atoms with Gasteiger partial charge in [-0.3, -0.25) is 19.1 Å². The molecular weight excluding hydrogens is 386 g/mol. The third-order valence-corrected chi connectivity index (χ3v) is 4.36. The van der Waals surface area contributed by atoms with Crippen molar-refractivity contribution in [3.05, 3.63) is 28.2 Å². The number of aromatic nitrogens is 1. The van der Waals surface area contributed by atoms with Crippen molar-refractivity contribution in [2.24, 2.45) is 0 Å². The lowest BCUT2D eigenvalue weighted by Gasteiger charge is -2.41. The molecule has 1 fully saturated rings. The molecule has 1 aromatic heterocycles. The van der Waals surface area contributed by atoms with Crippen LogP contribution in [-0.2, 0) is 19.0 Å². The van der Waals surface area contributed by atoms with Crippen LogP contribution in [0.15, 0.2) is 17.1 Å². The molecule has 158 valence electrons. The maximum absolute atomic E-state index is 12.9. The Bertz CT molecular complexity index is 878. The summed E-state index contributed by atoms with van der Waals surface area (Å²) in [5, 5.41) is 0. The molecule has 1 saturated heterocycles. The van der Waals surface area contributed by atoms with Gasteiger partial charge in [0.15, 0.2) is 5.69 Å². The third kappa shape index (κ3) is 4.50. The van der Waals surface area contributed by atoms with E-state index in [4.69, 9.17) is 18.9 Å². The highest BCUT2D eigenvalue weighted by atomic mass is 16.7. The van der Waals surface area contributed by atoms with Gasteiger partial charge in [-0.15, -0.1) is 0 Å². The Kier molecular flexibility index (Phi) is 5.78. The predicted molar refractivity (Wildman–Crippen MR) is 98.1 cm³/mol. The van der Waals surface area contributed by atoms with Gasteiger partial charge < -0.3 is 29.3 Å². The Morgan fingerprint density at radius 1 is 1.34 bits per heavy atom. The Morgan fingerprint density at radius 2 is 2.10 bits per heavy atom. The molecule has 0 unspecified atom stereocenters. The first-order valence-electron chi connectivity index (χ1n) is 9.19. The molecule has 2 aliphatic heterocycles. The molecule has 0 bridgehead atoms. The van der Waals surface area contributed by atoms with Gasteiger partial charge in [0.05, 0.1) is 26.2 Å². The van der Waals surface area contributed by atoms with Crippen molar-refractivity contribution in [1.29, 1.82) is 0 Å². The minimum atomic E-state index is -1.23. The maximum atomic E-state index is 12.9. The zero-order valence-electron chi connectivity index (χ0n) is 16.4. The van der Waals surface area contributed by atoms with Crippen molar-refractivity contribution in [3.8, 4) is 5.75 Å². The molecule has 0 spiro atoms. The van der Waals surface area contributed by atoms with Crippen molar-refractivity contribution in [3.63, 3.8) is 0 Å². The van der Waals surface area contributed by atoms with Crippen LogP contribution in [0.25, 0.3) is 0 Å². The van der Waals surface area contributed by atoms with E-state index in [1.807, 2.05) is 0 Å². The fraction of sp³-hybridized carbons (Fsp3) is 0.556. The average molecular weight is 409 g/mol. The van der Waals surface area contributed by atoms with E-state index >= 15 is 0 Å². The summed E-state index contributed by atoms with van der Waals surface area (Å²) >= 11 is 0. The van der Waals surface area contributed by atoms with E-state index in [1.165, 1.54) is 29.6 Å². The normalized spacial score (nSPS) is 18.2. The zero-order valence-corrected chi connectivity index (χ0v) is 16.4. The first-order chi connectivity index (χ1) is 13.7. The van der Waals surface area contributed by atoms with Crippen LogP contribution in [0.4, 0.5) is 4.79 Å². The molecule has 0 aliphatic carbocycles. The van der Waals surface area contributed by atoms with Crippen LogP contribution < -0.4 is 15.6 Å². The highest BCUT2D eigenvalue weighted by Crippen LogP contribution is 2.24. The van der Waals surface area contributed by atoms with Gasteiger partial charge in [-0.1, -0.05) is 0 Å². The molecule has 1 aromatic rings. The minimum absolute atomic E-state index is 0.115. The van der Waals surface area contributed by atoms with Gasteiger partial charge in [0.25, 0.3) is 5.91 Å². The van der Waals surface area contributed by atoms with Gasteiger partial charge >= 0.3 is 12.1 Å². The van der Waals surface area contributed by atoms with Gasteiger partial charge in [0, 0.05) is 18.8 Å². The van der Waals surface area contributed by atoms with Gasteiger partial charge in [-0.2, -0.15) is 0 Å². The monoisotopic (exact) mass is 409 g/mol. The number of carbonyl (C=O) groups excluding carboxylic acids is 3. The lowest BCUT2D eigenvalue weighted by Crippen LogP contribution is -2.59. The Balaban J connectivity index is 1.80. The number of morpholine rings is 1. The predicted octanol–water partition coefficient (Wildman–Crippen LogP) is 0.451. The summed E-state index contributed by atoms with van der Waals surface area (Å²) in [5.74, 6) is -1.46. The van der Waals surface area contributed by atoms with Crippen LogP contribution in [-0.4, -0.2) is 65.7 Å². The number of hydrogen-bond donors (Lipinski definition) is 1. The molecule has 0 radical (unpaired) electrons. The number of amides is 1. The molecule has 0 saturated carbocycles. The molecule has 1 atom stereocenters. The highest BCUT2D eigenvalue weighted by Gasteiger charge is 2.38. The second-order valence-corrected chi connectivity index (χ2v) is 7.14. The van der Waals surface area contributed by atoms with Crippen molar-refractivity contribution < 1.29 is 33.3 Å². The number of carbonyl (C=O) groups is 3.